The second-order valence-electron chi connectivity index (χ2n) is 8.81. The fourth-order valence-corrected chi connectivity index (χ4v) is 3.90. The Labute approximate surface area is 214 Å². The molecule has 2 aromatic carbocycles. The number of carboxylic acids is 1. The molecule has 1 atom stereocenters. The van der Waals surface area contributed by atoms with Crippen LogP contribution in [0.25, 0.3) is 10.9 Å². The number of pyridine rings is 1. The highest BCUT2D eigenvalue weighted by atomic mass is 16.5. The Bertz CT molecular complexity index is 1500. The van der Waals surface area contributed by atoms with Gasteiger partial charge in [-0.2, -0.15) is 0 Å². The predicted octanol–water partition coefficient (Wildman–Crippen LogP) is 3.78. The van der Waals surface area contributed by atoms with Gasteiger partial charge in [0.2, 0.25) is 0 Å². The number of nitrogens with zero attached hydrogens (tertiary/aromatic N) is 1. The number of aromatic carboxylic acids is 1. The average Bonchev–Trinajstić information content (AvgIpc) is 3.30. The van der Waals surface area contributed by atoms with Gasteiger partial charge < -0.3 is 25.3 Å². The summed E-state index contributed by atoms with van der Waals surface area (Å²) >= 11 is 0. The number of hydrogen-bond acceptors (Lipinski definition) is 5. The van der Waals surface area contributed by atoms with Crippen LogP contribution < -0.4 is 10.1 Å². The number of benzene rings is 2. The summed E-state index contributed by atoms with van der Waals surface area (Å²) in [4.78, 5) is 31.6. The monoisotopic (exact) mass is 497 g/mol. The minimum atomic E-state index is -1.09. The topological polar surface area (TPSA) is 125 Å². The molecule has 0 aliphatic carbocycles. The van der Waals surface area contributed by atoms with Crippen molar-refractivity contribution >= 4 is 22.8 Å². The van der Waals surface area contributed by atoms with E-state index in [-0.39, 0.29) is 23.8 Å². The number of rotatable bonds is 8. The molecule has 0 spiro atoms. The molecule has 37 heavy (non-hydrogen) atoms. The van der Waals surface area contributed by atoms with E-state index in [1.165, 1.54) is 18.5 Å². The first kappa shape index (κ1) is 25.5. The van der Waals surface area contributed by atoms with Gasteiger partial charge in [0.05, 0.1) is 29.9 Å². The number of hydrogen-bond donors (Lipinski definition) is 4. The summed E-state index contributed by atoms with van der Waals surface area (Å²) in [5, 5.41) is 23.1. The van der Waals surface area contributed by atoms with Gasteiger partial charge in [0.1, 0.15) is 5.75 Å². The number of carboxylic acid groups (broad SMARTS) is 1. The van der Waals surface area contributed by atoms with Crippen LogP contribution >= 0.6 is 0 Å². The number of aliphatic hydroxyl groups is 1. The van der Waals surface area contributed by atoms with Gasteiger partial charge in [0.25, 0.3) is 5.91 Å². The maximum Gasteiger partial charge on any atom is 0.337 e. The van der Waals surface area contributed by atoms with Crippen LogP contribution in [0.2, 0.25) is 0 Å². The molecule has 0 saturated heterocycles. The fourth-order valence-electron chi connectivity index (χ4n) is 3.90. The third kappa shape index (κ3) is 6.34. The fraction of sp³-hybridized carbons (Fsp3) is 0.207. The Morgan fingerprint density at radius 1 is 1.08 bits per heavy atom. The van der Waals surface area contributed by atoms with Crippen molar-refractivity contribution in [2.75, 3.05) is 6.61 Å². The van der Waals surface area contributed by atoms with Crippen molar-refractivity contribution in [2.24, 2.45) is 0 Å². The van der Waals surface area contributed by atoms with Gasteiger partial charge in [-0.05, 0) is 56.2 Å². The van der Waals surface area contributed by atoms with Crippen molar-refractivity contribution < 1.29 is 24.5 Å². The third-order valence-corrected chi connectivity index (χ3v) is 5.62. The highest BCUT2D eigenvalue weighted by molar-refractivity contribution is 5.97. The molecule has 0 bridgehead atoms. The molecule has 2 heterocycles. The normalized spacial score (nSPS) is 11.6. The molecule has 1 unspecified atom stereocenters. The number of para-hydroxylation sites is 1. The molecule has 2 aromatic heterocycles. The zero-order valence-corrected chi connectivity index (χ0v) is 20.5. The SMILES string of the molecule is CC(C)Oc1ccc(C#Cc2cncc(C(=O)O)c2)cc1C(=O)NC(CO)Cc1c[nH]c2ccccc12. The maximum atomic E-state index is 13.3. The first-order chi connectivity index (χ1) is 17.8. The molecule has 4 rings (SSSR count). The minimum Gasteiger partial charge on any atom is -0.490 e. The van der Waals surface area contributed by atoms with Crippen molar-refractivity contribution in [1.29, 1.82) is 0 Å². The highest BCUT2D eigenvalue weighted by Gasteiger charge is 2.19. The van der Waals surface area contributed by atoms with Gasteiger partial charge in [0.15, 0.2) is 0 Å². The van der Waals surface area contributed by atoms with Crippen LogP contribution in [0.3, 0.4) is 0 Å². The van der Waals surface area contributed by atoms with Crippen molar-refractivity contribution in [3.05, 3.63) is 94.9 Å². The lowest BCUT2D eigenvalue weighted by Crippen LogP contribution is -2.39. The number of aromatic nitrogens is 2. The quantitative estimate of drug-likeness (QED) is 0.275. The molecule has 8 heteroatoms. The predicted molar refractivity (Wildman–Crippen MR) is 140 cm³/mol. The van der Waals surface area contributed by atoms with Gasteiger partial charge in [-0.25, -0.2) is 4.79 Å². The Hall–Kier alpha value is -4.61. The van der Waals surface area contributed by atoms with E-state index in [4.69, 9.17) is 9.84 Å². The van der Waals surface area contributed by atoms with Crippen LogP contribution in [-0.4, -0.2) is 50.8 Å². The van der Waals surface area contributed by atoms with Crippen LogP contribution in [0, 0.1) is 11.8 Å². The summed E-state index contributed by atoms with van der Waals surface area (Å²) in [6, 6.07) is 13.8. The first-order valence-corrected chi connectivity index (χ1v) is 11.8. The zero-order valence-electron chi connectivity index (χ0n) is 20.5. The van der Waals surface area contributed by atoms with Gasteiger partial charge in [0, 0.05) is 40.6 Å². The zero-order chi connectivity index (χ0) is 26.4. The van der Waals surface area contributed by atoms with E-state index in [1.54, 1.807) is 18.2 Å². The first-order valence-electron chi connectivity index (χ1n) is 11.8. The molecular weight excluding hydrogens is 470 g/mol. The van der Waals surface area contributed by atoms with E-state index in [9.17, 15) is 14.7 Å². The summed E-state index contributed by atoms with van der Waals surface area (Å²) in [5.74, 6) is 4.76. The summed E-state index contributed by atoms with van der Waals surface area (Å²) in [6.07, 6.45) is 4.89. The lowest BCUT2D eigenvalue weighted by molar-refractivity contribution is 0.0696. The number of ether oxygens (including phenoxy) is 1. The molecule has 0 saturated carbocycles. The van der Waals surface area contributed by atoms with E-state index >= 15 is 0 Å². The molecule has 4 aromatic rings. The Morgan fingerprint density at radius 2 is 1.86 bits per heavy atom. The average molecular weight is 498 g/mol. The number of amides is 1. The molecule has 1 amide bonds. The van der Waals surface area contributed by atoms with E-state index in [0.717, 1.165) is 16.5 Å². The van der Waals surface area contributed by atoms with E-state index in [0.29, 0.717) is 23.3 Å². The molecular formula is C29H27N3O5. The lowest BCUT2D eigenvalue weighted by Gasteiger charge is -2.19. The number of carbonyl (C=O) groups excluding carboxylic acids is 1. The smallest absolute Gasteiger partial charge is 0.337 e. The largest absolute Gasteiger partial charge is 0.490 e. The number of aromatic amines is 1. The van der Waals surface area contributed by atoms with Crippen molar-refractivity contribution in [1.82, 2.24) is 15.3 Å². The van der Waals surface area contributed by atoms with Gasteiger partial charge in [-0.1, -0.05) is 30.0 Å². The van der Waals surface area contributed by atoms with E-state index < -0.39 is 17.9 Å². The van der Waals surface area contributed by atoms with Gasteiger partial charge in [-0.15, -0.1) is 0 Å². The minimum absolute atomic E-state index is 0.0396. The van der Waals surface area contributed by atoms with Crippen LogP contribution in [0.5, 0.6) is 5.75 Å². The molecule has 0 radical (unpaired) electrons. The standard InChI is InChI=1S/C29H27N3O5/c1-18(2)37-27-10-9-19(7-8-20-11-22(29(35)36)15-30-14-20)12-25(27)28(34)32-23(17-33)13-21-16-31-26-6-4-3-5-24(21)26/h3-6,9-12,14-16,18,23,31,33H,13,17H2,1-2H3,(H,32,34)(H,35,36). The highest BCUT2D eigenvalue weighted by Crippen LogP contribution is 2.23. The number of aliphatic hydroxyl groups excluding tert-OH is 1. The molecule has 8 nitrogen and oxygen atoms in total. The van der Waals surface area contributed by atoms with Crippen molar-refractivity contribution in [2.45, 2.75) is 32.4 Å². The number of nitrogens with one attached hydrogen (secondary N) is 2. The second-order valence-corrected chi connectivity index (χ2v) is 8.81. The van der Waals surface area contributed by atoms with Crippen LogP contribution in [0.4, 0.5) is 0 Å². The maximum absolute atomic E-state index is 13.3. The Kier molecular flexibility index (Phi) is 7.86. The Morgan fingerprint density at radius 3 is 2.62 bits per heavy atom. The van der Waals surface area contributed by atoms with Crippen molar-refractivity contribution in [3.8, 4) is 17.6 Å². The summed E-state index contributed by atoms with van der Waals surface area (Å²) in [7, 11) is 0. The lowest BCUT2D eigenvalue weighted by atomic mass is 10.0. The van der Waals surface area contributed by atoms with Crippen LogP contribution in [0.15, 0.2) is 67.1 Å². The summed E-state index contributed by atoms with van der Waals surface area (Å²) in [5.41, 5.74) is 3.29. The molecule has 0 aliphatic heterocycles. The van der Waals surface area contributed by atoms with Crippen molar-refractivity contribution in [3.63, 3.8) is 0 Å². The number of carbonyl (C=O) groups is 2. The summed E-state index contributed by atoms with van der Waals surface area (Å²) < 4.78 is 5.85. The molecule has 0 aliphatic rings. The molecule has 0 fully saturated rings. The second kappa shape index (κ2) is 11.4. The number of fused-ring (bicyclic) bond motifs is 1. The van der Waals surface area contributed by atoms with Gasteiger partial charge in [-0.3, -0.25) is 9.78 Å². The van der Waals surface area contributed by atoms with Crippen LogP contribution in [0.1, 0.15) is 51.3 Å². The number of H-pyrrole nitrogens is 1. The Balaban J connectivity index is 1.58. The van der Waals surface area contributed by atoms with E-state index in [2.05, 4.69) is 27.1 Å². The van der Waals surface area contributed by atoms with E-state index in [1.807, 2.05) is 44.3 Å². The van der Waals surface area contributed by atoms with Gasteiger partial charge >= 0.3 is 5.97 Å². The third-order valence-electron chi connectivity index (χ3n) is 5.62. The molecule has 4 N–H and O–H groups in total. The summed E-state index contributed by atoms with van der Waals surface area (Å²) in [6.45, 7) is 3.49. The molecule has 188 valence electrons. The van der Waals surface area contributed by atoms with Crippen LogP contribution in [-0.2, 0) is 6.42 Å².